The zero-order chi connectivity index (χ0) is 25.4. The number of carbonyl (C=O) groups excluding carboxylic acids is 2. The van der Waals surface area contributed by atoms with Gasteiger partial charge in [-0.3, -0.25) is 9.59 Å². The molecule has 2 bridgehead atoms. The molecular weight excluding hydrogens is 470 g/mol. The molecule has 2 amide bonds. The molecular formula is C28H31N5O4. The van der Waals surface area contributed by atoms with Crippen LogP contribution >= 0.6 is 0 Å². The Hall–Kier alpha value is -3.85. The summed E-state index contributed by atoms with van der Waals surface area (Å²) < 4.78 is 11.4. The molecule has 0 aliphatic carbocycles. The first-order valence-corrected chi connectivity index (χ1v) is 12.9. The van der Waals surface area contributed by atoms with Crippen molar-refractivity contribution in [3.05, 3.63) is 71.6 Å². The van der Waals surface area contributed by atoms with E-state index in [1.54, 1.807) is 18.0 Å². The number of piperidine rings is 1. The number of rotatable bonds is 5. The van der Waals surface area contributed by atoms with E-state index in [0.717, 1.165) is 50.3 Å². The van der Waals surface area contributed by atoms with E-state index in [-0.39, 0.29) is 18.2 Å². The molecule has 3 aromatic rings. The number of hydrogen-bond acceptors (Lipinski definition) is 7. The van der Waals surface area contributed by atoms with Gasteiger partial charge in [-0.05, 0) is 36.6 Å². The van der Waals surface area contributed by atoms with Crippen molar-refractivity contribution in [1.29, 1.82) is 0 Å². The molecule has 9 heteroatoms. The Balaban J connectivity index is 1.15. The number of carbonyl (C=O) groups is 2. The van der Waals surface area contributed by atoms with Gasteiger partial charge in [0, 0.05) is 57.4 Å². The number of hydrogen-bond donors (Lipinski definition) is 1. The lowest BCUT2D eigenvalue weighted by Crippen LogP contribution is -2.49. The van der Waals surface area contributed by atoms with Crippen LogP contribution in [0.5, 0.6) is 5.75 Å². The number of ether oxygens (including phenoxy) is 1. The predicted molar refractivity (Wildman–Crippen MR) is 139 cm³/mol. The van der Waals surface area contributed by atoms with Gasteiger partial charge in [0.2, 0.25) is 0 Å². The Kier molecular flexibility index (Phi) is 6.30. The quantitative estimate of drug-likeness (QED) is 0.575. The Morgan fingerprint density at radius 2 is 1.86 bits per heavy atom. The Bertz CT molecular complexity index is 1280. The third-order valence-electron chi connectivity index (χ3n) is 7.64. The van der Waals surface area contributed by atoms with Crippen LogP contribution in [0.2, 0.25) is 0 Å². The lowest BCUT2D eigenvalue weighted by Gasteiger charge is -2.33. The molecule has 0 spiro atoms. The summed E-state index contributed by atoms with van der Waals surface area (Å²) in [6, 6.07) is 17.2. The minimum absolute atomic E-state index is 0.0390. The van der Waals surface area contributed by atoms with Crippen LogP contribution < -0.4 is 19.9 Å². The third-order valence-corrected chi connectivity index (χ3v) is 7.64. The molecule has 1 aromatic heterocycles. The van der Waals surface area contributed by atoms with Gasteiger partial charge in [0.1, 0.15) is 24.2 Å². The molecule has 0 saturated carbocycles. The molecule has 0 radical (unpaired) electrons. The molecule has 4 aliphatic rings. The van der Waals surface area contributed by atoms with Crippen LogP contribution in [0, 0.1) is 0 Å². The number of nitrogens with zero attached hydrogens (tertiary/aromatic N) is 4. The number of nitrogens with one attached hydrogen (secondary N) is 1. The monoisotopic (exact) mass is 501 g/mol. The minimum Gasteiger partial charge on any atom is -0.489 e. The number of anilines is 2. The highest BCUT2D eigenvalue weighted by Gasteiger charge is 2.33. The van der Waals surface area contributed by atoms with Crippen molar-refractivity contribution in [3.63, 3.8) is 0 Å². The zero-order valence-corrected chi connectivity index (χ0v) is 20.9. The molecule has 1 unspecified atom stereocenters. The van der Waals surface area contributed by atoms with E-state index >= 15 is 0 Å². The van der Waals surface area contributed by atoms with E-state index in [0.29, 0.717) is 29.7 Å². The van der Waals surface area contributed by atoms with Crippen molar-refractivity contribution in [1.82, 2.24) is 15.4 Å². The third kappa shape index (κ3) is 4.79. The van der Waals surface area contributed by atoms with Crippen LogP contribution in [0.25, 0.3) is 0 Å². The summed E-state index contributed by atoms with van der Waals surface area (Å²) in [5, 5.41) is 6.69. The summed E-state index contributed by atoms with van der Waals surface area (Å²) in [4.78, 5) is 32.8. The lowest BCUT2D eigenvalue weighted by molar-refractivity contribution is -0.120. The SMILES string of the molecule is CN1C(=O)C(NC(=O)c2cc(Cc3ccccc3)on2)COc2ccc(N3CCN4CCC3CC4)cc21. The number of amides is 2. The lowest BCUT2D eigenvalue weighted by atomic mass is 10.0. The molecule has 192 valence electrons. The first-order valence-electron chi connectivity index (χ1n) is 12.9. The molecule has 37 heavy (non-hydrogen) atoms. The maximum absolute atomic E-state index is 13.4. The second kappa shape index (κ2) is 9.89. The molecule has 9 nitrogen and oxygen atoms in total. The van der Waals surface area contributed by atoms with E-state index in [1.807, 2.05) is 42.5 Å². The highest BCUT2D eigenvalue weighted by molar-refractivity contribution is 6.03. The Labute approximate surface area is 216 Å². The minimum atomic E-state index is -0.843. The molecule has 1 N–H and O–H groups in total. The largest absolute Gasteiger partial charge is 0.489 e. The second-order valence-electron chi connectivity index (χ2n) is 9.99. The van der Waals surface area contributed by atoms with Gasteiger partial charge in [-0.1, -0.05) is 35.5 Å². The molecule has 5 heterocycles. The van der Waals surface area contributed by atoms with Gasteiger partial charge in [0.25, 0.3) is 11.8 Å². The number of aromatic nitrogens is 1. The fourth-order valence-electron chi connectivity index (χ4n) is 5.53. The van der Waals surface area contributed by atoms with Crippen LogP contribution in [0.3, 0.4) is 0 Å². The summed E-state index contributed by atoms with van der Waals surface area (Å²) in [7, 11) is 1.73. The molecule has 4 aliphatic heterocycles. The number of fused-ring (bicyclic) bond motifs is 5. The van der Waals surface area contributed by atoms with Gasteiger partial charge in [-0.25, -0.2) is 0 Å². The highest BCUT2D eigenvalue weighted by atomic mass is 16.5. The first-order chi connectivity index (χ1) is 18.0. The summed E-state index contributed by atoms with van der Waals surface area (Å²) in [5.74, 6) is 0.502. The summed E-state index contributed by atoms with van der Waals surface area (Å²) in [6.07, 6.45) is 2.85. The number of benzene rings is 2. The summed E-state index contributed by atoms with van der Waals surface area (Å²) in [5.41, 5.74) is 3.01. The standard InChI is InChI=1S/C28H31N5O4/c1-31-25-16-21(33-14-13-32-11-9-20(33)10-12-32)7-8-26(25)36-18-24(28(31)35)29-27(34)23-17-22(37-30-23)15-19-5-3-2-4-6-19/h2-8,16-17,20,24H,9-15,18H2,1H3,(H,29,34). The van der Waals surface area contributed by atoms with Crippen molar-refractivity contribution in [2.24, 2.45) is 0 Å². The van der Waals surface area contributed by atoms with E-state index in [1.165, 1.54) is 0 Å². The van der Waals surface area contributed by atoms with Crippen molar-refractivity contribution in [2.75, 3.05) is 49.6 Å². The van der Waals surface area contributed by atoms with Crippen molar-refractivity contribution in [2.45, 2.75) is 31.3 Å². The first kappa shape index (κ1) is 23.5. The zero-order valence-electron chi connectivity index (χ0n) is 20.9. The van der Waals surface area contributed by atoms with Crippen LogP contribution in [0.4, 0.5) is 11.4 Å². The van der Waals surface area contributed by atoms with Gasteiger partial charge < -0.3 is 29.3 Å². The van der Waals surface area contributed by atoms with Gasteiger partial charge in [0.15, 0.2) is 5.69 Å². The topological polar surface area (TPSA) is 91.1 Å². The summed E-state index contributed by atoms with van der Waals surface area (Å²) in [6.45, 7) is 4.37. The van der Waals surface area contributed by atoms with Crippen LogP contribution in [0.15, 0.2) is 59.1 Å². The molecule has 3 saturated heterocycles. The van der Waals surface area contributed by atoms with E-state index < -0.39 is 11.9 Å². The van der Waals surface area contributed by atoms with Crippen molar-refractivity contribution < 1.29 is 18.8 Å². The van der Waals surface area contributed by atoms with Crippen molar-refractivity contribution in [3.8, 4) is 5.75 Å². The van der Waals surface area contributed by atoms with Gasteiger partial charge in [0.05, 0.1) is 5.69 Å². The average molecular weight is 502 g/mol. The van der Waals surface area contributed by atoms with Gasteiger partial charge >= 0.3 is 0 Å². The molecule has 2 aromatic carbocycles. The fourth-order valence-corrected chi connectivity index (χ4v) is 5.53. The average Bonchev–Trinajstić information content (AvgIpc) is 3.12. The van der Waals surface area contributed by atoms with E-state index in [4.69, 9.17) is 9.26 Å². The van der Waals surface area contributed by atoms with E-state index in [2.05, 4.69) is 26.3 Å². The maximum Gasteiger partial charge on any atom is 0.274 e. The fraction of sp³-hybridized carbons (Fsp3) is 0.393. The van der Waals surface area contributed by atoms with Gasteiger partial charge in [-0.2, -0.15) is 0 Å². The normalized spacial score (nSPS) is 23.2. The van der Waals surface area contributed by atoms with Crippen LogP contribution in [0.1, 0.15) is 34.7 Å². The van der Waals surface area contributed by atoms with Crippen LogP contribution in [-0.2, 0) is 11.2 Å². The molecule has 7 rings (SSSR count). The molecule has 3 fully saturated rings. The van der Waals surface area contributed by atoms with Gasteiger partial charge in [-0.15, -0.1) is 0 Å². The van der Waals surface area contributed by atoms with Crippen LogP contribution in [-0.4, -0.2) is 73.8 Å². The summed E-state index contributed by atoms with van der Waals surface area (Å²) >= 11 is 0. The maximum atomic E-state index is 13.4. The number of likely N-dealkylation sites (N-methyl/N-ethyl adjacent to an activating group) is 1. The van der Waals surface area contributed by atoms with E-state index in [9.17, 15) is 9.59 Å². The molecule has 1 atom stereocenters. The Morgan fingerprint density at radius 1 is 1.05 bits per heavy atom. The predicted octanol–water partition coefficient (Wildman–Crippen LogP) is 2.70. The Morgan fingerprint density at radius 3 is 2.68 bits per heavy atom. The smallest absolute Gasteiger partial charge is 0.274 e. The highest BCUT2D eigenvalue weighted by Crippen LogP contribution is 2.36. The van der Waals surface area contributed by atoms with Crippen molar-refractivity contribution >= 4 is 23.2 Å². The second-order valence-corrected chi connectivity index (χ2v) is 9.99.